The van der Waals surface area contributed by atoms with Crippen molar-refractivity contribution in [1.29, 1.82) is 0 Å². The second-order valence-electron chi connectivity index (χ2n) is 7.52. The van der Waals surface area contributed by atoms with E-state index in [0.717, 1.165) is 55.3 Å². The molecule has 0 atom stereocenters. The Bertz CT molecular complexity index is 881. The zero-order valence-corrected chi connectivity index (χ0v) is 16.7. The smallest absolute Gasteiger partial charge is 0.154 e. The van der Waals surface area contributed by atoms with Crippen LogP contribution in [0.15, 0.2) is 46.6 Å². The van der Waals surface area contributed by atoms with Gasteiger partial charge in [0.05, 0.1) is 5.69 Å². The van der Waals surface area contributed by atoms with Crippen molar-refractivity contribution in [1.82, 2.24) is 10.2 Å². The summed E-state index contributed by atoms with van der Waals surface area (Å²) in [5.41, 5.74) is 6.09. The third-order valence-corrected chi connectivity index (χ3v) is 6.03. The molecule has 0 N–H and O–H groups in total. The van der Waals surface area contributed by atoms with Crippen LogP contribution in [0.1, 0.15) is 41.6 Å². The number of hydrogen-bond donors (Lipinski definition) is 0. The third kappa shape index (κ3) is 3.91. The minimum absolute atomic E-state index is 0.542. The summed E-state index contributed by atoms with van der Waals surface area (Å²) >= 11 is 6.08. The second-order valence-corrected chi connectivity index (χ2v) is 8.00. The van der Waals surface area contributed by atoms with E-state index < -0.39 is 0 Å². The third-order valence-electron chi connectivity index (χ3n) is 5.80. The standard InChI is InChI=1S/C22H25ClN4/c1-15-16(2)22(26-25-20(15)12-17-6-4-3-5-7-17)27-10-8-18(9-11-27)21-13-19(23)14-24-21/h3-7,14,18H,8-13H2,1-2H3. The summed E-state index contributed by atoms with van der Waals surface area (Å²) in [5.74, 6) is 1.58. The summed E-state index contributed by atoms with van der Waals surface area (Å²) in [5, 5.41) is 10.0. The molecule has 5 heteroatoms. The van der Waals surface area contributed by atoms with Gasteiger partial charge in [-0.2, -0.15) is 5.10 Å². The molecule has 0 aliphatic carbocycles. The molecular formula is C22H25ClN4. The first-order chi connectivity index (χ1) is 13.1. The van der Waals surface area contributed by atoms with E-state index in [0.29, 0.717) is 5.92 Å². The molecule has 0 amide bonds. The van der Waals surface area contributed by atoms with E-state index in [4.69, 9.17) is 11.6 Å². The van der Waals surface area contributed by atoms with Gasteiger partial charge in [0.2, 0.25) is 0 Å². The first-order valence-corrected chi connectivity index (χ1v) is 10.0. The fraction of sp³-hybridized carbons (Fsp3) is 0.409. The number of allylic oxidation sites excluding steroid dienone is 1. The fourth-order valence-electron chi connectivity index (χ4n) is 3.99. The molecular weight excluding hydrogens is 356 g/mol. The van der Waals surface area contributed by atoms with Crippen molar-refractivity contribution in [3.63, 3.8) is 0 Å². The molecule has 0 bridgehead atoms. The van der Waals surface area contributed by atoms with Crippen molar-refractivity contribution in [2.45, 2.75) is 39.5 Å². The number of piperidine rings is 1. The minimum Gasteiger partial charge on any atom is -0.355 e. The molecule has 2 aliphatic rings. The lowest BCUT2D eigenvalue weighted by atomic mass is 9.90. The molecule has 2 aliphatic heterocycles. The van der Waals surface area contributed by atoms with Gasteiger partial charge in [-0.15, -0.1) is 5.10 Å². The lowest BCUT2D eigenvalue weighted by Gasteiger charge is -2.33. The van der Waals surface area contributed by atoms with Crippen molar-refractivity contribution >= 4 is 23.1 Å². The number of benzene rings is 1. The molecule has 2 aromatic rings. The fourth-order valence-corrected chi connectivity index (χ4v) is 4.18. The van der Waals surface area contributed by atoms with Gasteiger partial charge < -0.3 is 4.90 Å². The van der Waals surface area contributed by atoms with Crippen LogP contribution in [0.5, 0.6) is 0 Å². The van der Waals surface area contributed by atoms with Gasteiger partial charge in [-0.05, 0) is 43.4 Å². The minimum atomic E-state index is 0.542. The maximum absolute atomic E-state index is 6.08. The lowest BCUT2D eigenvalue weighted by Crippen LogP contribution is -2.37. The summed E-state index contributed by atoms with van der Waals surface area (Å²) in [4.78, 5) is 6.88. The average Bonchev–Trinajstić information content (AvgIpc) is 3.13. The highest BCUT2D eigenvalue weighted by Crippen LogP contribution is 2.30. The largest absolute Gasteiger partial charge is 0.355 e. The maximum atomic E-state index is 6.08. The molecule has 1 fully saturated rings. The van der Waals surface area contributed by atoms with Gasteiger partial charge in [-0.3, -0.25) is 4.99 Å². The van der Waals surface area contributed by atoms with Crippen LogP contribution < -0.4 is 4.90 Å². The number of nitrogens with zero attached hydrogens (tertiary/aromatic N) is 4. The van der Waals surface area contributed by atoms with Crippen LogP contribution >= 0.6 is 11.6 Å². The highest BCUT2D eigenvalue weighted by atomic mass is 35.5. The molecule has 0 saturated carbocycles. The summed E-state index contributed by atoms with van der Waals surface area (Å²) in [6.07, 6.45) is 5.66. The van der Waals surface area contributed by atoms with Crippen molar-refractivity contribution in [3.8, 4) is 0 Å². The average molecular weight is 381 g/mol. The molecule has 4 nitrogen and oxygen atoms in total. The van der Waals surface area contributed by atoms with E-state index in [1.165, 1.54) is 22.4 Å². The predicted molar refractivity (Wildman–Crippen MR) is 112 cm³/mol. The van der Waals surface area contributed by atoms with Crippen LogP contribution in [0, 0.1) is 19.8 Å². The number of hydrogen-bond acceptors (Lipinski definition) is 4. The van der Waals surface area contributed by atoms with E-state index in [1.54, 1.807) is 6.20 Å². The van der Waals surface area contributed by atoms with E-state index in [2.05, 4.69) is 58.2 Å². The van der Waals surface area contributed by atoms with Gasteiger partial charge >= 0.3 is 0 Å². The molecule has 27 heavy (non-hydrogen) atoms. The van der Waals surface area contributed by atoms with Crippen LogP contribution in [0.25, 0.3) is 0 Å². The Morgan fingerprint density at radius 1 is 1.04 bits per heavy atom. The van der Waals surface area contributed by atoms with Crippen LogP contribution in [0.4, 0.5) is 5.82 Å². The maximum Gasteiger partial charge on any atom is 0.154 e. The van der Waals surface area contributed by atoms with Gasteiger partial charge in [-0.25, -0.2) is 0 Å². The number of rotatable bonds is 4. The van der Waals surface area contributed by atoms with Crippen LogP contribution in [0.3, 0.4) is 0 Å². The van der Waals surface area contributed by atoms with Gasteiger partial charge in [0, 0.05) is 48.8 Å². The second kappa shape index (κ2) is 7.81. The molecule has 3 heterocycles. The molecule has 140 valence electrons. The van der Waals surface area contributed by atoms with E-state index >= 15 is 0 Å². The first kappa shape index (κ1) is 18.2. The van der Waals surface area contributed by atoms with E-state index in [-0.39, 0.29) is 0 Å². The van der Waals surface area contributed by atoms with Crippen molar-refractivity contribution < 1.29 is 0 Å². The molecule has 1 aromatic heterocycles. The lowest BCUT2D eigenvalue weighted by molar-refractivity contribution is 0.494. The molecule has 0 unspecified atom stereocenters. The molecule has 1 aromatic carbocycles. The van der Waals surface area contributed by atoms with Crippen molar-refractivity contribution in [3.05, 3.63) is 63.9 Å². The zero-order valence-electron chi connectivity index (χ0n) is 16.0. The summed E-state index contributed by atoms with van der Waals surface area (Å²) in [7, 11) is 0. The Balaban J connectivity index is 1.45. The van der Waals surface area contributed by atoms with Crippen LogP contribution in [0.2, 0.25) is 0 Å². The van der Waals surface area contributed by atoms with E-state index in [1.807, 2.05) is 6.07 Å². The van der Waals surface area contributed by atoms with Gasteiger partial charge in [0.25, 0.3) is 0 Å². The monoisotopic (exact) mass is 380 g/mol. The zero-order chi connectivity index (χ0) is 18.8. The normalized spacial score (nSPS) is 17.8. The summed E-state index contributed by atoms with van der Waals surface area (Å²) < 4.78 is 0. The summed E-state index contributed by atoms with van der Waals surface area (Å²) in [6, 6.07) is 10.5. The molecule has 0 spiro atoms. The topological polar surface area (TPSA) is 41.4 Å². The Morgan fingerprint density at radius 3 is 2.44 bits per heavy atom. The van der Waals surface area contributed by atoms with Crippen molar-refractivity contribution in [2.75, 3.05) is 18.0 Å². The first-order valence-electron chi connectivity index (χ1n) is 9.64. The van der Waals surface area contributed by atoms with Crippen LogP contribution in [-0.4, -0.2) is 29.0 Å². The quantitative estimate of drug-likeness (QED) is 0.763. The van der Waals surface area contributed by atoms with Crippen LogP contribution in [-0.2, 0) is 6.42 Å². The molecule has 0 radical (unpaired) electrons. The number of halogens is 1. The molecule has 1 saturated heterocycles. The Kier molecular flexibility index (Phi) is 5.26. The SMILES string of the molecule is Cc1c(Cc2ccccc2)nnc(N2CCC(C3=NC=C(Cl)C3)CC2)c1C. The predicted octanol–water partition coefficient (Wildman–Crippen LogP) is 4.83. The van der Waals surface area contributed by atoms with Crippen molar-refractivity contribution in [2.24, 2.45) is 10.9 Å². The van der Waals surface area contributed by atoms with Gasteiger partial charge in [-0.1, -0.05) is 41.9 Å². The number of anilines is 1. The summed E-state index contributed by atoms with van der Waals surface area (Å²) in [6.45, 7) is 6.33. The number of aliphatic imine (C=N–C) groups is 1. The van der Waals surface area contributed by atoms with Gasteiger partial charge in [0.15, 0.2) is 5.82 Å². The highest BCUT2D eigenvalue weighted by Gasteiger charge is 2.27. The Morgan fingerprint density at radius 2 is 1.78 bits per heavy atom. The van der Waals surface area contributed by atoms with Gasteiger partial charge in [0.1, 0.15) is 0 Å². The Labute approximate surface area is 166 Å². The Hall–Kier alpha value is -2.20. The van der Waals surface area contributed by atoms with E-state index in [9.17, 15) is 0 Å². The molecule has 4 rings (SSSR count). The number of aromatic nitrogens is 2. The highest BCUT2D eigenvalue weighted by molar-refractivity contribution is 6.31.